The molecule has 3 rings (SSSR count). The number of carbonyl (C=O) groups is 2. The number of carbonyl (C=O) groups excluding carboxylic acids is 2. The van der Waals surface area contributed by atoms with Crippen LogP contribution in [0, 0.1) is 0 Å². The third-order valence-electron chi connectivity index (χ3n) is 5.94. The molecule has 0 fully saturated rings. The highest BCUT2D eigenvalue weighted by Crippen LogP contribution is 2.37. The number of sulfonamides is 1. The lowest BCUT2D eigenvalue weighted by atomic mass is 10.0. The van der Waals surface area contributed by atoms with Gasteiger partial charge in [-0.05, 0) is 56.5 Å². The first-order valence-corrected chi connectivity index (χ1v) is 13.4. The maximum absolute atomic E-state index is 12.9. The van der Waals surface area contributed by atoms with Crippen LogP contribution in [-0.2, 0) is 23.0 Å². The highest BCUT2D eigenvalue weighted by Gasteiger charge is 2.29. The van der Waals surface area contributed by atoms with Gasteiger partial charge in [0.15, 0.2) is 0 Å². The summed E-state index contributed by atoms with van der Waals surface area (Å²) in [4.78, 5) is 28.5. The van der Waals surface area contributed by atoms with Gasteiger partial charge >= 0.3 is 0 Å². The minimum atomic E-state index is -3.61. The molecular formula is C23H33ClN4O4S2. The van der Waals surface area contributed by atoms with Crippen molar-refractivity contribution in [3.05, 3.63) is 45.8 Å². The fraction of sp³-hybridized carbons (Fsp3) is 0.478. The summed E-state index contributed by atoms with van der Waals surface area (Å²) < 4.78 is 26.7. The van der Waals surface area contributed by atoms with E-state index in [-0.39, 0.29) is 17.3 Å². The number of primary amides is 1. The van der Waals surface area contributed by atoms with Crippen LogP contribution in [0.15, 0.2) is 29.2 Å². The summed E-state index contributed by atoms with van der Waals surface area (Å²) in [6.45, 7) is 8.24. The van der Waals surface area contributed by atoms with E-state index in [9.17, 15) is 18.0 Å². The number of nitrogens with one attached hydrogen (secondary N) is 1. The smallest absolute Gasteiger partial charge is 0.256 e. The van der Waals surface area contributed by atoms with Crippen LogP contribution in [0.5, 0.6) is 0 Å². The van der Waals surface area contributed by atoms with Crippen LogP contribution in [0.3, 0.4) is 0 Å². The van der Waals surface area contributed by atoms with Crippen LogP contribution in [0.25, 0.3) is 0 Å². The van der Waals surface area contributed by atoms with E-state index < -0.39 is 21.8 Å². The predicted octanol–water partition coefficient (Wildman–Crippen LogP) is 3.71. The number of nitrogens with two attached hydrogens (primary N) is 1. The molecule has 188 valence electrons. The Balaban J connectivity index is 0.00000408. The molecule has 0 atom stereocenters. The Morgan fingerprint density at radius 3 is 2.44 bits per heavy atom. The molecule has 1 aliphatic heterocycles. The molecule has 2 amide bonds. The molecule has 3 N–H and O–H groups in total. The average molecular weight is 529 g/mol. The van der Waals surface area contributed by atoms with E-state index in [0.717, 1.165) is 29.8 Å². The van der Waals surface area contributed by atoms with Crippen molar-refractivity contribution >= 4 is 50.6 Å². The second-order valence-corrected chi connectivity index (χ2v) is 11.7. The van der Waals surface area contributed by atoms with E-state index in [0.29, 0.717) is 41.7 Å². The number of hydrogen-bond acceptors (Lipinski definition) is 6. The Kier molecular flexibility index (Phi) is 9.67. The molecule has 1 aliphatic rings. The van der Waals surface area contributed by atoms with Gasteiger partial charge in [0.05, 0.1) is 10.5 Å². The number of anilines is 1. The number of fused-ring (bicyclic) bond motifs is 1. The highest BCUT2D eigenvalue weighted by molar-refractivity contribution is 7.89. The maximum atomic E-state index is 12.9. The van der Waals surface area contributed by atoms with E-state index >= 15 is 0 Å². The molecule has 0 saturated carbocycles. The van der Waals surface area contributed by atoms with Gasteiger partial charge in [0.25, 0.3) is 11.8 Å². The monoisotopic (exact) mass is 528 g/mol. The standard InChI is InChI=1S/C23H32N4O4S2.ClH/c1-5-6-12-26(4)33(30,31)17-9-7-16(8-10-17)22(29)25-23-20(21(24)28)18-11-13-27(15(2)3)14-19(18)32-23;/h7-10,15H,5-6,11-14H2,1-4H3,(H2,24,28)(H,25,29);1H. The zero-order chi connectivity index (χ0) is 24.3. The first kappa shape index (κ1) is 28.3. The Morgan fingerprint density at radius 1 is 1.24 bits per heavy atom. The summed E-state index contributed by atoms with van der Waals surface area (Å²) in [7, 11) is -2.06. The molecule has 1 aromatic heterocycles. The molecule has 11 heteroatoms. The highest BCUT2D eigenvalue weighted by atomic mass is 35.5. The lowest BCUT2D eigenvalue weighted by Gasteiger charge is -2.30. The second kappa shape index (κ2) is 11.6. The van der Waals surface area contributed by atoms with Crippen LogP contribution in [-0.4, -0.2) is 55.6 Å². The quantitative estimate of drug-likeness (QED) is 0.515. The first-order valence-electron chi connectivity index (χ1n) is 11.1. The van der Waals surface area contributed by atoms with Crippen molar-refractivity contribution in [2.75, 3.05) is 25.5 Å². The molecule has 2 aromatic rings. The van der Waals surface area contributed by atoms with Crippen molar-refractivity contribution in [2.45, 2.75) is 57.5 Å². The molecule has 8 nitrogen and oxygen atoms in total. The fourth-order valence-electron chi connectivity index (χ4n) is 3.85. The number of thiophene rings is 1. The third kappa shape index (κ3) is 5.98. The predicted molar refractivity (Wildman–Crippen MR) is 138 cm³/mol. The fourth-order valence-corrected chi connectivity index (χ4v) is 6.33. The number of rotatable bonds is 9. The number of benzene rings is 1. The number of halogens is 1. The SMILES string of the molecule is CCCCN(C)S(=O)(=O)c1ccc(C(=O)Nc2sc3c(c2C(N)=O)CCN(C(C)C)C3)cc1.Cl. The molecule has 0 aliphatic carbocycles. The summed E-state index contributed by atoms with van der Waals surface area (Å²) in [6, 6.07) is 6.21. The number of hydrogen-bond donors (Lipinski definition) is 2. The van der Waals surface area contributed by atoms with Crippen LogP contribution in [0.1, 0.15) is 64.8 Å². The topological polar surface area (TPSA) is 113 Å². The Hall–Kier alpha value is -1.98. The van der Waals surface area contributed by atoms with Gasteiger partial charge in [-0.25, -0.2) is 12.7 Å². The van der Waals surface area contributed by atoms with Gasteiger partial charge in [0.2, 0.25) is 10.0 Å². The Bertz CT molecular complexity index is 1130. The van der Waals surface area contributed by atoms with Crippen molar-refractivity contribution in [1.29, 1.82) is 0 Å². The largest absolute Gasteiger partial charge is 0.365 e. The zero-order valence-electron chi connectivity index (χ0n) is 20.0. The summed E-state index contributed by atoms with van der Waals surface area (Å²) in [5.74, 6) is -0.975. The van der Waals surface area contributed by atoms with Gasteiger partial charge in [-0.2, -0.15) is 0 Å². The van der Waals surface area contributed by atoms with Crippen molar-refractivity contribution in [3.8, 4) is 0 Å². The molecule has 0 spiro atoms. The molecule has 0 saturated heterocycles. The second-order valence-electron chi connectivity index (χ2n) is 8.55. The molecule has 1 aromatic carbocycles. The van der Waals surface area contributed by atoms with E-state index in [1.807, 2.05) is 6.92 Å². The lowest BCUT2D eigenvalue weighted by molar-refractivity contribution is 0.0999. The number of nitrogens with zero attached hydrogens (tertiary/aromatic N) is 2. The van der Waals surface area contributed by atoms with Crippen LogP contribution >= 0.6 is 23.7 Å². The van der Waals surface area contributed by atoms with Gasteiger partial charge in [-0.15, -0.1) is 23.7 Å². The van der Waals surface area contributed by atoms with Crippen LogP contribution in [0.2, 0.25) is 0 Å². The van der Waals surface area contributed by atoms with Gasteiger partial charge in [-0.1, -0.05) is 13.3 Å². The molecule has 0 unspecified atom stereocenters. The van der Waals surface area contributed by atoms with Gasteiger partial charge < -0.3 is 11.1 Å². The summed E-state index contributed by atoms with van der Waals surface area (Å²) in [5.41, 5.74) is 7.25. The molecule has 0 radical (unpaired) electrons. The molecular weight excluding hydrogens is 496 g/mol. The first-order chi connectivity index (χ1) is 15.6. The van der Waals surface area contributed by atoms with E-state index in [4.69, 9.17) is 5.73 Å². The normalized spacial score (nSPS) is 14.1. The molecule has 0 bridgehead atoms. The summed E-state index contributed by atoms with van der Waals surface area (Å²) in [6.07, 6.45) is 2.38. The van der Waals surface area contributed by atoms with E-state index in [2.05, 4.69) is 24.1 Å². The van der Waals surface area contributed by atoms with E-state index in [1.54, 1.807) is 7.05 Å². The van der Waals surface area contributed by atoms with Crippen molar-refractivity contribution < 1.29 is 18.0 Å². The lowest BCUT2D eigenvalue weighted by Crippen LogP contribution is -2.35. The van der Waals surface area contributed by atoms with Crippen molar-refractivity contribution in [1.82, 2.24) is 9.21 Å². The van der Waals surface area contributed by atoms with E-state index in [1.165, 1.54) is 39.9 Å². The third-order valence-corrected chi connectivity index (χ3v) is 8.94. The average Bonchev–Trinajstić information content (AvgIpc) is 3.14. The van der Waals surface area contributed by atoms with Crippen molar-refractivity contribution in [2.24, 2.45) is 5.73 Å². The van der Waals surface area contributed by atoms with Gasteiger partial charge in [0, 0.05) is 43.2 Å². The van der Waals surface area contributed by atoms with Crippen molar-refractivity contribution in [3.63, 3.8) is 0 Å². The maximum Gasteiger partial charge on any atom is 0.256 e. The van der Waals surface area contributed by atoms with Gasteiger partial charge in [-0.3, -0.25) is 14.5 Å². The Labute approximate surface area is 212 Å². The minimum absolute atomic E-state index is 0. The zero-order valence-corrected chi connectivity index (χ0v) is 22.4. The number of unbranched alkanes of at least 4 members (excludes halogenated alkanes) is 1. The summed E-state index contributed by atoms with van der Waals surface area (Å²) in [5, 5.41) is 3.26. The minimum Gasteiger partial charge on any atom is -0.365 e. The van der Waals surface area contributed by atoms with Crippen LogP contribution < -0.4 is 11.1 Å². The summed E-state index contributed by atoms with van der Waals surface area (Å²) >= 11 is 1.38. The Morgan fingerprint density at radius 2 is 1.88 bits per heavy atom. The van der Waals surface area contributed by atoms with Gasteiger partial charge in [0.1, 0.15) is 5.00 Å². The van der Waals surface area contributed by atoms with Crippen LogP contribution in [0.4, 0.5) is 5.00 Å². The number of amides is 2. The molecule has 34 heavy (non-hydrogen) atoms. The molecule has 2 heterocycles.